The first-order chi connectivity index (χ1) is 12.1. The van der Waals surface area contributed by atoms with Crippen molar-refractivity contribution >= 4 is 17.9 Å². The Morgan fingerprint density at radius 1 is 1.27 bits per heavy atom. The van der Waals surface area contributed by atoms with Crippen LogP contribution in [0.25, 0.3) is 0 Å². The van der Waals surface area contributed by atoms with E-state index in [2.05, 4.69) is 11.0 Å². The van der Waals surface area contributed by atoms with Gasteiger partial charge in [-0.15, -0.1) is 5.53 Å². The molecule has 0 saturated heterocycles. The monoisotopic (exact) mass is 372 g/mol. The first-order valence-electron chi connectivity index (χ1n) is 8.44. The molecular formula is C16H28N4O6. The van der Waals surface area contributed by atoms with Crippen LogP contribution in [0.2, 0.25) is 0 Å². The van der Waals surface area contributed by atoms with Crippen LogP contribution in [0.1, 0.15) is 34.1 Å². The summed E-state index contributed by atoms with van der Waals surface area (Å²) in [5.74, 6) is -2.06. The molecule has 1 rings (SSSR count). The Balaban J connectivity index is 2.46. The summed E-state index contributed by atoms with van der Waals surface area (Å²) in [7, 11) is 0. The highest BCUT2D eigenvalue weighted by atomic mass is 16.5. The molecule has 10 heteroatoms. The van der Waals surface area contributed by atoms with Crippen LogP contribution in [0.15, 0.2) is 11.9 Å². The lowest BCUT2D eigenvalue weighted by atomic mass is 9.99. The van der Waals surface area contributed by atoms with Gasteiger partial charge in [-0.1, -0.05) is 20.8 Å². The number of esters is 2. The first kappa shape index (κ1) is 21.7. The van der Waals surface area contributed by atoms with Gasteiger partial charge in [0.25, 0.3) is 0 Å². The number of carbonyl (C=O) groups is 3. The van der Waals surface area contributed by atoms with E-state index >= 15 is 0 Å². The minimum atomic E-state index is -1.30. The summed E-state index contributed by atoms with van der Waals surface area (Å²) in [5, 5.41) is 10.2. The van der Waals surface area contributed by atoms with Crippen molar-refractivity contribution in [2.45, 2.75) is 46.3 Å². The fraction of sp³-hybridized carbons (Fsp3) is 0.688. The van der Waals surface area contributed by atoms with Crippen molar-refractivity contribution in [3.05, 3.63) is 11.9 Å². The maximum absolute atomic E-state index is 12.0. The molecule has 0 fully saturated rings. The second-order valence-corrected chi connectivity index (χ2v) is 6.68. The van der Waals surface area contributed by atoms with E-state index < -0.39 is 24.1 Å². The molecule has 0 saturated carbocycles. The predicted octanol–water partition coefficient (Wildman–Crippen LogP) is -0.278. The van der Waals surface area contributed by atoms with E-state index in [1.807, 2.05) is 20.8 Å². The van der Waals surface area contributed by atoms with Gasteiger partial charge in [-0.05, 0) is 19.3 Å². The third-order valence-electron chi connectivity index (χ3n) is 3.77. The molecule has 0 aromatic rings. The topological polar surface area (TPSA) is 143 Å². The number of nitrogens with zero attached hydrogens (tertiary/aromatic N) is 1. The standard InChI is InChI=1S/C16H28N4O6/c1-9(2)5-10(3)16(24)25-8-12-6-18-19-20(12)7-13(21)26-11(4)14(17)15(22)23/h6,9-11,14,18-19H,5,7-8,17H2,1-4H3,(H,22,23)/t10?,11-,14+/m1/s1. The van der Waals surface area contributed by atoms with Crippen molar-refractivity contribution in [1.82, 2.24) is 16.0 Å². The molecule has 0 amide bonds. The van der Waals surface area contributed by atoms with E-state index in [0.717, 1.165) is 6.42 Å². The molecule has 1 heterocycles. The zero-order valence-electron chi connectivity index (χ0n) is 15.5. The Labute approximate surface area is 152 Å². The zero-order valence-corrected chi connectivity index (χ0v) is 15.5. The van der Waals surface area contributed by atoms with Crippen LogP contribution in [0.3, 0.4) is 0 Å². The van der Waals surface area contributed by atoms with Crippen LogP contribution in [0, 0.1) is 11.8 Å². The molecule has 0 aromatic heterocycles. The van der Waals surface area contributed by atoms with Gasteiger partial charge in [-0.2, -0.15) is 0 Å². The maximum Gasteiger partial charge on any atom is 0.327 e. The third-order valence-corrected chi connectivity index (χ3v) is 3.77. The molecule has 0 aromatic carbocycles. The predicted molar refractivity (Wildman–Crippen MR) is 91.8 cm³/mol. The van der Waals surface area contributed by atoms with Gasteiger partial charge in [0.1, 0.15) is 25.3 Å². The molecule has 10 nitrogen and oxygen atoms in total. The van der Waals surface area contributed by atoms with Gasteiger partial charge in [-0.25, -0.2) is 0 Å². The Kier molecular flexibility index (Phi) is 8.33. The number of hydrazine groups is 2. The van der Waals surface area contributed by atoms with E-state index in [9.17, 15) is 14.4 Å². The van der Waals surface area contributed by atoms with Crippen LogP contribution < -0.4 is 16.7 Å². The summed E-state index contributed by atoms with van der Waals surface area (Å²) < 4.78 is 10.3. The average molecular weight is 372 g/mol. The van der Waals surface area contributed by atoms with Crippen molar-refractivity contribution < 1.29 is 29.0 Å². The number of hydrogen-bond donors (Lipinski definition) is 4. The minimum absolute atomic E-state index is 0.0151. The maximum atomic E-state index is 12.0. The number of hydrogen-bond acceptors (Lipinski definition) is 9. The summed E-state index contributed by atoms with van der Waals surface area (Å²) in [6, 6.07) is -1.30. The second kappa shape index (κ2) is 9.97. The highest BCUT2D eigenvalue weighted by Crippen LogP contribution is 2.14. The second-order valence-electron chi connectivity index (χ2n) is 6.68. The van der Waals surface area contributed by atoms with Gasteiger partial charge in [-0.3, -0.25) is 19.4 Å². The Hall–Kier alpha value is -2.33. The number of aliphatic carboxylic acids is 1. The number of nitrogens with one attached hydrogen (secondary N) is 2. The van der Waals surface area contributed by atoms with Crippen LogP contribution in [0.4, 0.5) is 0 Å². The molecule has 0 spiro atoms. The van der Waals surface area contributed by atoms with Gasteiger partial charge >= 0.3 is 17.9 Å². The number of carbonyl (C=O) groups excluding carboxylic acids is 2. The summed E-state index contributed by atoms with van der Waals surface area (Å²) in [6.07, 6.45) is 1.31. The van der Waals surface area contributed by atoms with E-state index in [4.69, 9.17) is 20.3 Å². The van der Waals surface area contributed by atoms with Crippen molar-refractivity contribution in [2.75, 3.05) is 13.2 Å². The lowest BCUT2D eigenvalue weighted by molar-refractivity contribution is -0.154. The Morgan fingerprint density at radius 2 is 1.92 bits per heavy atom. The van der Waals surface area contributed by atoms with Crippen molar-refractivity contribution in [3.63, 3.8) is 0 Å². The molecule has 5 N–H and O–H groups in total. The SMILES string of the molecule is CC(C)CC(C)C(=O)OCC1=CNNN1CC(=O)O[C@H](C)[C@H](N)C(=O)O. The molecule has 3 atom stereocenters. The van der Waals surface area contributed by atoms with Gasteiger partial charge in [0.15, 0.2) is 0 Å². The molecule has 0 radical (unpaired) electrons. The van der Waals surface area contributed by atoms with Gasteiger partial charge < -0.3 is 25.7 Å². The summed E-state index contributed by atoms with van der Waals surface area (Å²) in [6.45, 7) is 7.04. The molecule has 0 bridgehead atoms. The molecule has 148 valence electrons. The summed E-state index contributed by atoms with van der Waals surface area (Å²) >= 11 is 0. The number of carboxylic acid groups (broad SMARTS) is 1. The van der Waals surface area contributed by atoms with Crippen LogP contribution in [0.5, 0.6) is 0 Å². The molecule has 1 aliphatic rings. The van der Waals surface area contributed by atoms with Crippen molar-refractivity contribution in [2.24, 2.45) is 17.6 Å². The lowest BCUT2D eigenvalue weighted by Gasteiger charge is -2.23. The zero-order chi connectivity index (χ0) is 19.9. The van der Waals surface area contributed by atoms with Crippen LogP contribution in [-0.2, 0) is 23.9 Å². The average Bonchev–Trinajstić information content (AvgIpc) is 2.97. The summed E-state index contributed by atoms with van der Waals surface area (Å²) in [5.41, 5.74) is 11.3. The highest BCUT2D eigenvalue weighted by Gasteiger charge is 2.26. The number of ether oxygens (including phenoxy) is 2. The molecule has 1 unspecified atom stereocenters. The lowest BCUT2D eigenvalue weighted by Crippen LogP contribution is -2.46. The number of nitrogens with two attached hydrogens (primary N) is 1. The molecule has 1 aliphatic heterocycles. The van der Waals surface area contributed by atoms with Crippen molar-refractivity contribution in [3.8, 4) is 0 Å². The van der Waals surface area contributed by atoms with E-state index in [1.54, 1.807) is 6.20 Å². The first-order valence-corrected chi connectivity index (χ1v) is 8.44. The highest BCUT2D eigenvalue weighted by molar-refractivity contribution is 5.76. The number of carboxylic acids is 1. The fourth-order valence-electron chi connectivity index (χ4n) is 2.34. The molecule has 26 heavy (non-hydrogen) atoms. The van der Waals surface area contributed by atoms with Gasteiger partial charge in [0, 0.05) is 6.20 Å². The minimum Gasteiger partial charge on any atom is -0.480 e. The van der Waals surface area contributed by atoms with E-state index in [-0.39, 0.29) is 25.0 Å². The van der Waals surface area contributed by atoms with Crippen molar-refractivity contribution in [1.29, 1.82) is 0 Å². The van der Waals surface area contributed by atoms with E-state index in [1.165, 1.54) is 11.9 Å². The third kappa shape index (κ3) is 6.89. The van der Waals surface area contributed by atoms with E-state index in [0.29, 0.717) is 11.6 Å². The Morgan fingerprint density at radius 3 is 2.50 bits per heavy atom. The Bertz CT molecular complexity index is 551. The van der Waals surface area contributed by atoms with Gasteiger partial charge in [0.2, 0.25) is 0 Å². The van der Waals surface area contributed by atoms with Crippen LogP contribution >= 0.6 is 0 Å². The van der Waals surface area contributed by atoms with Gasteiger partial charge in [0.05, 0.1) is 11.6 Å². The fourth-order valence-corrected chi connectivity index (χ4v) is 2.34. The number of rotatable bonds is 10. The largest absolute Gasteiger partial charge is 0.480 e. The smallest absolute Gasteiger partial charge is 0.327 e. The quantitative estimate of drug-likeness (QED) is 0.378. The normalized spacial score (nSPS) is 17.2. The molecule has 0 aliphatic carbocycles. The molecular weight excluding hydrogens is 344 g/mol. The van der Waals surface area contributed by atoms with Crippen LogP contribution in [-0.4, -0.2) is 53.3 Å². The summed E-state index contributed by atoms with van der Waals surface area (Å²) in [4.78, 5) is 34.7.